The van der Waals surface area contributed by atoms with Crippen molar-refractivity contribution in [1.82, 2.24) is 5.32 Å². The van der Waals surface area contributed by atoms with Gasteiger partial charge in [0.2, 0.25) is 5.60 Å². The van der Waals surface area contributed by atoms with E-state index in [4.69, 9.17) is 11.6 Å². The summed E-state index contributed by atoms with van der Waals surface area (Å²) < 4.78 is 13.4. The molecule has 1 saturated heterocycles. The molecule has 0 aromatic heterocycles. The predicted molar refractivity (Wildman–Crippen MR) is 96.4 cm³/mol. The Balaban J connectivity index is 1.70. The van der Waals surface area contributed by atoms with Crippen LogP contribution in [0.4, 0.5) is 10.1 Å². The van der Waals surface area contributed by atoms with Gasteiger partial charge in [-0.25, -0.2) is 4.39 Å². The number of aliphatic hydroxyl groups is 1. The fourth-order valence-corrected chi connectivity index (χ4v) is 3.17. The van der Waals surface area contributed by atoms with Gasteiger partial charge in [-0.15, -0.1) is 0 Å². The third-order valence-corrected chi connectivity index (χ3v) is 4.61. The monoisotopic (exact) mass is 376 g/mol. The van der Waals surface area contributed by atoms with Gasteiger partial charge in [-0.1, -0.05) is 29.3 Å². The Kier molecular flexibility index (Phi) is 4.98. The molecule has 1 heterocycles. The number of amides is 2. The van der Waals surface area contributed by atoms with Gasteiger partial charge in [-0.3, -0.25) is 9.59 Å². The maximum atomic E-state index is 13.4. The van der Waals surface area contributed by atoms with Crippen LogP contribution in [0.3, 0.4) is 0 Å². The van der Waals surface area contributed by atoms with E-state index in [1.165, 1.54) is 17.0 Å². The van der Waals surface area contributed by atoms with Gasteiger partial charge in [0.25, 0.3) is 11.8 Å². The summed E-state index contributed by atoms with van der Waals surface area (Å²) in [6, 6.07) is 11.1. The zero-order chi connectivity index (χ0) is 18.9. The van der Waals surface area contributed by atoms with Gasteiger partial charge in [0, 0.05) is 30.2 Å². The number of aryl methyl sites for hydroxylation is 1. The van der Waals surface area contributed by atoms with Crippen LogP contribution >= 0.6 is 11.6 Å². The lowest BCUT2D eigenvalue weighted by Gasteiger charge is -2.22. The number of benzene rings is 2. The van der Waals surface area contributed by atoms with E-state index in [9.17, 15) is 19.1 Å². The summed E-state index contributed by atoms with van der Waals surface area (Å²) in [5.41, 5.74) is -0.0293. The van der Waals surface area contributed by atoms with Crippen LogP contribution in [0.5, 0.6) is 0 Å². The molecule has 3 rings (SSSR count). The number of nitrogens with zero attached hydrogens (tertiary/aromatic N) is 1. The molecule has 136 valence electrons. The molecule has 1 aliphatic heterocycles. The van der Waals surface area contributed by atoms with Gasteiger partial charge in [-0.05, 0) is 42.8 Å². The average molecular weight is 377 g/mol. The first-order valence-electron chi connectivity index (χ1n) is 8.14. The van der Waals surface area contributed by atoms with Gasteiger partial charge in [-0.2, -0.15) is 0 Å². The second-order valence-corrected chi connectivity index (χ2v) is 6.80. The van der Waals surface area contributed by atoms with Crippen molar-refractivity contribution < 1.29 is 19.1 Å². The lowest BCUT2D eigenvalue weighted by molar-refractivity contribution is -0.149. The van der Waals surface area contributed by atoms with Crippen molar-refractivity contribution in [1.29, 1.82) is 0 Å². The Bertz CT molecular complexity index is 836. The summed E-state index contributed by atoms with van der Waals surface area (Å²) in [5, 5.41) is 13.3. The topological polar surface area (TPSA) is 69.6 Å². The van der Waals surface area contributed by atoms with Gasteiger partial charge < -0.3 is 15.3 Å². The summed E-state index contributed by atoms with van der Waals surface area (Å²) in [7, 11) is 0. The summed E-state index contributed by atoms with van der Waals surface area (Å²) in [6.45, 7) is 2.12. The van der Waals surface area contributed by atoms with E-state index in [0.29, 0.717) is 11.3 Å². The molecule has 2 aromatic carbocycles. The summed E-state index contributed by atoms with van der Waals surface area (Å²) in [4.78, 5) is 26.4. The third-order valence-electron chi connectivity index (χ3n) is 4.39. The molecule has 0 unspecified atom stereocenters. The van der Waals surface area contributed by atoms with Crippen LogP contribution in [-0.2, 0) is 16.1 Å². The minimum Gasteiger partial charge on any atom is -0.372 e. The number of hydrogen-bond donors (Lipinski definition) is 2. The predicted octanol–water partition coefficient (Wildman–Crippen LogP) is 2.57. The van der Waals surface area contributed by atoms with Crippen molar-refractivity contribution in [2.75, 3.05) is 11.4 Å². The number of carbonyl (C=O) groups is 2. The minimum absolute atomic E-state index is 0.0184. The number of carbonyl (C=O) groups excluding carboxylic acids is 2. The first-order valence-corrected chi connectivity index (χ1v) is 8.52. The van der Waals surface area contributed by atoms with Crippen molar-refractivity contribution >= 4 is 29.1 Å². The number of nitrogens with one attached hydrogen (secondary N) is 1. The highest BCUT2D eigenvalue weighted by Crippen LogP contribution is 2.29. The highest BCUT2D eigenvalue weighted by atomic mass is 35.5. The summed E-state index contributed by atoms with van der Waals surface area (Å²) in [6.07, 6.45) is -0.0184. The standard InChI is InChI=1S/C19H18ClFN2O3/c1-12-2-4-16(5-3-12)23-7-6-19(26,18(23)25)17(24)22-11-13-8-14(20)10-15(21)9-13/h2-5,8-10,26H,6-7,11H2,1H3,(H,22,24)/t19-/m0/s1. The SMILES string of the molecule is Cc1ccc(N2CC[C@](O)(C(=O)NCc3cc(F)cc(Cl)c3)C2=O)cc1. The smallest absolute Gasteiger partial charge is 0.268 e. The number of rotatable bonds is 4. The summed E-state index contributed by atoms with van der Waals surface area (Å²) >= 11 is 5.78. The van der Waals surface area contributed by atoms with Gasteiger partial charge >= 0.3 is 0 Å². The zero-order valence-electron chi connectivity index (χ0n) is 14.1. The molecular formula is C19H18ClFN2O3. The Morgan fingerprint density at radius 1 is 1.31 bits per heavy atom. The van der Waals surface area contributed by atoms with Crippen molar-refractivity contribution in [3.05, 3.63) is 64.4 Å². The van der Waals surface area contributed by atoms with E-state index in [-0.39, 0.29) is 24.5 Å². The first-order chi connectivity index (χ1) is 12.3. The Labute approximate surface area is 155 Å². The number of hydrogen-bond acceptors (Lipinski definition) is 3. The van der Waals surface area contributed by atoms with Crippen molar-refractivity contribution in [2.24, 2.45) is 0 Å². The van der Waals surface area contributed by atoms with Gasteiger partial charge in [0.1, 0.15) is 5.82 Å². The van der Waals surface area contributed by atoms with E-state index in [2.05, 4.69) is 5.32 Å². The number of halogens is 2. The maximum Gasteiger partial charge on any atom is 0.268 e. The molecule has 1 aliphatic rings. The molecule has 1 fully saturated rings. The van der Waals surface area contributed by atoms with Crippen molar-refractivity contribution in [3.63, 3.8) is 0 Å². The second-order valence-electron chi connectivity index (χ2n) is 6.36. The third kappa shape index (κ3) is 3.57. The Morgan fingerprint density at radius 2 is 2.00 bits per heavy atom. The average Bonchev–Trinajstić information content (AvgIpc) is 2.89. The number of anilines is 1. The van der Waals surface area contributed by atoms with Crippen molar-refractivity contribution in [2.45, 2.75) is 25.5 Å². The molecule has 0 saturated carbocycles. The van der Waals surface area contributed by atoms with E-state index < -0.39 is 23.2 Å². The van der Waals surface area contributed by atoms with Crippen LogP contribution in [0.1, 0.15) is 17.5 Å². The summed E-state index contributed by atoms with van der Waals surface area (Å²) in [5.74, 6) is -2.00. The maximum absolute atomic E-state index is 13.4. The van der Waals surface area contributed by atoms with Crippen LogP contribution in [-0.4, -0.2) is 29.1 Å². The molecule has 0 spiro atoms. The molecule has 26 heavy (non-hydrogen) atoms. The van der Waals surface area contributed by atoms with Gasteiger partial charge in [0.15, 0.2) is 0 Å². The molecule has 0 bridgehead atoms. The largest absolute Gasteiger partial charge is 0.372 e. The van der Waals surface area contributed by atoms with E-state index >= 15 is 0 Å². The highest BCUT2D eigenvalue weighted by Gasteiger charge is 2.51. The second kappa shape index (κ2) is 7.05. The molecule has 0 radical (unpaired) electrons. The van der Waals surface area contributed by atoms with Crippen LogP contribution in [0.2, 0.25) is 5.02 Å². The fourth-order valence-electron chi connectivity index (χ4n) is 2.93. The Morgan fingerprint density at radius 3 is 2.65 bits per heavy atom. The van der Waals surface area contributed by atoms with Gasteiger partial charge in [0.05, 0.1) is 0 Å². The molecular weight excluding hydrogens is 359 g/mol. The lowest BCUT2D eigenvalue weighted by atomic mass is 10.0. The molecule has 1 atom stereocenters. The van der Waals surface area contributed by atoms with Crippen LogP contribution in [0, 0.1) is 12.7 Å². The first kappa shape index (κ1) is 18.4. The quantitative estimate of drug-likeness (QED) is 0.806. The molecule has 5 nitrogen and oxygen atoms in total. The Hall–Kier alpha value is -2.44. The normalized spacial score (nSPS) is 19.7. The lowest BCUT2D eigenvalue weighted by Crippen LogP contribution is -2.52. The van der Waals surface area contributed by atoms with Crippen LogP contribution < -0.4 is 10.2 Å². The molecule has 7 heteroatoms. The molecule has 2 N–H and O–H groups in total. The van der Waals surface area contributed by atoms with E-state index in [0.717, 1.165) is 11.6 Å². The fraction of sp³-hybridized carbons (Fsp3) is 0.263. The molecule has 0 aliphatic carbocycles. The van der Waals surface area contributed by atoms with Crippen molar-refractivity contribution in [3.8, 4) is 0 Å². The molecule has 2 amide bonds. The highest BCUT2D eigenvalue weighted by molar-refractivity contribution is 6.30. The van der Waals surface area contributed by atoms with E-state index in [1.807, 2.05) is 19.1 Å². The minimum atomic E-state index is -2.14. The zero-order valence-corrected chi connectivity index (χ0v) is 14.9. The van der Waals surface area contributed by atoms with Crippen LogP contribution in [0.15, 0.2) is 42.5 Å². The molecule has 2 aromatic rings. The van der Waals surface area contributed by atoms with Crippen LogP contribution in [0.25, 0.3) is 0 Å². The van der Waals surface area contributed by atoms with E-state index in [1.54, 1.807) is 12.1 Å².